The lowest BCUT2D eigenvalue weighted by Gasteiger charge is -1.91. The molecule has 0 fully saturated rings. The largest absolute Gasteiger partial charge is 0.481 e. The molecule has 0 atom stereocenters. The van der Waals surface area contributed by atoms with E-state index in [0.29, 0.717) is 10.7 Å². The van der Waals surface area contributed by atoms with Crippen LogP contribution in [0.2, 0.25) is 0 Å². The minimum Gasteiger partial charge on any atom is -0.481 e. The summed E-state index contributed by atoms with van der Waals surface area (Å²) in [6, 6.07) is 0. The third-order valence-corrected chi connectivity index (χ3v) is 1.83. The molecule has 1 N–H and O–H groups in total. The molecule has 0 aliphatic carbocycles. The first-order valence-electron chi connectivity index (χ1n) is 2.52. The normalized spacial score (nSPS) is 9.08. The van der Waals surface area contributed by atoms with Crippen LogP contribution in [0.5, 0.6) is 0 Å². The van der Waals surface area contributed by atoms with Gasteiger partial charge in [-0.25, -0.2) is 0 Å². The molecule has 0 saturated carbocycles. The highest BCUT2D eigenvalue weighted by Gasteiger charge is 2.12. The van der Waals surface area contributed by atoms with Crippen molar-refractivity contribution in [2.75, 3.05) is 0 Å². The predicted molar refractivity (Wildman–Crippen MR) is 41.1 cm³/mol. The van der Waals surface area contributed by atoms with Gasteiger partial charge in [-0.3, -0.25) is 4.79 Å². The van der Waals surface area contributed by atoms with E-state index >= 15 is 0 Å². The molecule has 0 aromatic rings. The summed E-state index contributed by atoms with van der Waals surface area (Å²) in [4.78, 5) is 10.2. The highest BCUT2D eigenvalue weighted by atomic mass is 32.2. The van der Waals surface area contributed by atoms with Crippen molar-refractivity contribution in [1.29, 1.82) is 0 Å². The van der Waals surface area contributed by atoms with E-state index in [1.807, 2.05) is 0 Å². The van der Waals surface area contributed by atoms with Crippen molar-refractivity contribution in [2.24, 2.45) is 5.92 Å². The van der Waals surface area contributed by atoms with Gasteiger partial charge >= 0.3 is 5.97 Å². The molecule has 0 bridgehead atoms. The van der Waals surface area contributed by atoms with Gasteiger partial charge in [0.05, 0.1) is 10.7 Å². The second kappa shape index (κ2) is 4.67. The lowest BCUT2D eigenvalue weighted by Crippen LogP contribution is -2.17. The summed E-state index contributed by atoms with van der Waals surface area (Å²) in [5.41, 5.74) is 0. The minimum absolute atomic E-state index is 0.373. The summed E-state index contributed by atoms with van der Waals surface area (Å²) >= 11 is 0. The number of carboxylic acids is 1. The first-order chi connectivity index (χ1) is 5.43. The average molecular weight is 212 g/mol. The molecule has 0 heterocycles. The molecule has 8 heteroatoms. The first kappa shape index (κ1) is 10.8. The fourth-order valence-electron chi connectivity index (χ4n) is 0.388. The Bertz CT molecular complexity index is 372. The second-order valence-electron chi connectivity index (χ2n) is 1.66. The van der Waals surface area contributed by atoms with Gasteiger partial charge in [0.15, 0.2) is 0 Å². The average Bonchev–Trinajstić information content (AvgIpc) is 1.83. The maximum absolute atomic E-state index is 10.2. The van der Waals surface area contributed by atoms with E-state index in [1.165, 1.54) is 0 Å². The van der Waals surface area contributed by atoms with Gasteiger partial charge in [0.1, 0.15) is 5.92 Å². The first-order valence-corrected chi connectivity index (χ1v) is 4.80. The Morgan fingerprint density at radius 2 is 1.42 bits per heavy atom. The fourth-order valence-corrected chi connectivity index (χ4v) is 1.36. The Labute approximate surface area is 70.5 Å². The molecular weight excluding hydrogens is 208 g/mol. The Hall–Kier alpha value is -1.15. The summed E-state index contributed by atoms with van der Waals surface area (Å²) < 4.78 is 39.8. The number of aliphatic carboxylic acids is 1. The molecule has 0 spiro atoms. The summed E-state index contributed by atoms with van der Waals surface area (Å²) in [5, 5.41) is 9.01. The van der Waals surface area contributed by atoms with Gasteiger partial charge in [0.2, 0.25) is 20.6 Å². The molecule has 12 heavy (non-hydrogen) atoms. The Morgan fingerprint density at radius 1 is 1.08 bits per heavy atom. The van der Waals surface area contributed by atoms with Gasteiger partial charge in [-0.05, 0) is 0 Å². The Balaban J connectivity index is 5.09. The second-order valence-corrected chi connectivity index (χ2v) is 3.24. The smallest absolute Gasteiger partial charge is 0.316 e. The van der Waals surface area contributed by atoms with Crippen LogP contribution in [-0.4, -0.2) is 38.6 Å². The van der Waals surface area contributed by atoms with Crippen LogP contribution in [0, 0.1) is 5.92 Å². The lowest BCUT2D eigenvalue weighted by molar-refractivity contribution is -0.137. The van der Waals surface area contributed by atoms with Crippen molar-refractivity contribution in [3.8, 4) is 0 Å². The standard InChI is InChI=1S/C4H4O6S2/c5-4(6)3(1-11(7)8)2-12(9)10/h1-3H,(H,5,6). The molecular formula is C4H4O6S2. The summed E-state index contributed by atoms with van der Waals surface area (Å²) in [5.74, 6) is -3.16. The van der Waals surface area contributed by atoms with Crippen LogP contribution in [0.1, 0.15) is 0 Å². The summed E-state index contributed by atoms with van der Waals surface area (Å²) in [7, 11) is -5.39. The van der Waals surface area contributed by atoms with Crippen LogP contribution >= 0.6 is 0 Å². The minimum atomic E-state index is -2.69. The van der Waals surface area contributed by atoms with E-state index < -0.39 is 32.5 Å². The molecule has 68 valence electrons. The van der Waals surface area contributed by atoms with Crippen molar-refractivity contribution >= 4 is 37.3 Å². The summed E-state index contributed by atoms with van der Waals surface area (Å²) in [6.45, 7) is 0. The van der Waals surface area contributed by atoms with Crippen LogP contribution in [0.15, 0.2) is 0 Å². The lowest BCUT2D eigenvalue weighted by atomic mass is 10.2. The molecule has 0 aromatic carbocycles. The molecule has 0 unspecified atom stereocenters. The molecule has 0 aliphatic rings. The van der Waals surface area contributed by atoms with Crippen molar-refractivity contribution in [3.63, 3.8) is 0 Å². The molecule has 0 rings (SSSR count). The fraction of sp³-hybridized carbons (Fsp3) is 0.250. The van der Waals surface area contributed by atoms with Gasteiger partial charge in [-0.15, -0.1) is 0 Å². The van der Waals surface area contributed by atoms with Gasteiger partial charge in [-0.2, -0.15) is 16.8 Å². The maximum atomic E-state index is 10.2. The van der Waals surface area contributed by atoms with Crippen molar-refractivity contribution in [2.45, 2.75) is 0 Å². The van der Waals surface area contributed by atoms with Crippen molar-refractivity contribution < 1.29 is 26.7 Å². The number of hydrogen-bond acceptors (Lipinski definition) is 5. The number of carboxylic acid groups (broad SMARTS) is 1. The van der Waals surface area contributed by atoms with Crippen LogP contribution < -0.4 is 0 Å². The van der Waals surface area contributed by atoms with E-state index in [1.54, 1.807) is 0 Å². The third kappa shape index (κ3) is 4.63. The highest BCUT2D eigenvalue weighted by Crippen LogP contribution is 1.85. The molecule has 0 aliphatic heterocycles. The van der Waals surface area contributed by atoms with Gasteiger partial charge in [0.25, 0.3) is 0 Å². The molecule has 6 nitrogen and oxygen atoms in total. The number of carbonyl (C=O) groups is 1. The highest BCUT2D eigenvalue weighted by molar-refractivity contribution is 7.73. The molecule has 0 aromatic heterocycles. The van der Waals surface area contributed by atoms with Gasteiger partial charge in [0, 0.05) is 0 Å². The van der Waals surface area contributed by atoms with E-state index in [-0.39, 0.29) is 0 Å². The molecule has 0 saturated heterocycles. The van der Waals surface area contributed by atoms with E-state index in [0.717, 1.165) is 0 Å². The molecule has 0 amide bonds. The van der Waals surface area contributed by atoms with Crippen molar-refractivity contribution in [3.05, 3.63) is 0 Å². The topological polar surface area (TPSA) is 106 Å². The monoisotopic (exact) mass is 212 g/mol. The van der Waals surface area contributed by atoms with Crippen molar-refractivity contribution in [1.82, 2.24) is 0 Å². The van der Waals surface area contributed by atoms with E-state index in [9.17, 15) is 21.6 Å². The SMILES string of the molecule is O=C(O)C(C=S(=O)=O)C=S(=O)=O. The zero-order chi connectivity index (χ0) is 9.72. The maximum Gasteiger partial charge on any atom is 0.316 e. The number of rotatable bonds is 3. The predicted octanol–water partition coefficient (Wildman–Crippen LogP) is -1.95. The van der Waals surface area contributed by atoms with Crippen LogP contribution in [0.25, 0.3) is 0 Å². The zero-order valence-electron chi connectivity index (χ0n) is 5.54. The Kier molecular flexibility index (Phi) is 4.22. The Morgan fingerprint density at radius 3 is 1.58 bits per heavy atom. The summed E-state index contributed by atoms with van der Waals surface area (Å²) in [6.07, 6.45) is 0. The third-order valence-electron chi connectivity index (χ3n) is 0.801. The van der Waals surface area contributed by atoms with E-state index in [4.69, 9.17) is 5.11 Å². The van der Waals surface area contributed by atoms with Crippen LogP contribution in [0.4, 0.5) is 0 Å². The van der Waals surface area contributed by atoms with Crippen LogP contribution in [0.3, 0.4) is 0 Å². The zero-order valence-corrected chi connectivity index (χ0v) is 7.17. The van der Waals surface area contributed by atoms with E-state index in [2.05, 4.69) is 0 Å². The molecule has 0 radical (unpaired) electrons. The van der Waals surface area contributed by atoms with Gasteiger partial charge in [-0.1, -0.05) is 0 Å². The number of hydrogen-bond donors (Lipinski definition) is 1. The van der Waals surface area contributed by atoms with Crippen LogP contribution in [-0.2, 0) is 25.4 Å². The quantitative estimate of drug-likeness (QED) is 0.545. The van der Waals surface area contributed by atoms with Gasteiger partial charge < -0.3 is 5.11 Å².